The molecule has 0 unspecified atom stereocenters. The topological polar surface area (TPSA) is 75.6 Å². The second-order valence-electron chi connectivity index (χ2n) is 9.37. The number of nitrogens with one attached hydrogen (secondary N) is 1. The number of carbonyl (C=O) groups excluding carboxylic acids is 1. The van der Waals surface area contributed by atoms with E-state index in [1.165, 1.54) is 6.08 Å². The predicted octanol–water partition coefficient (Wildman–Crippen LogP) is 6.64. The number of carboxylic acids is 1. The molecule has 1 amide bonds. The van der Waals surface area contributed by atoms with Crippen LogP contribution >= 0.6 is 15.9 Å². The molecule has 0 aliphatic heterocycles. The summed E-state index contributed by atoms with van der Waals surface area (Å²) < 4.78 is 6.68. The highest BCUT2D eigenvalue weighted by Gasteiger charge is 2.32. The van der Waals surface area contributed by atoms with Gasteiger partial charge in [0, 0.05) is 5.92 Å². The zero-order chi connectivity index (χ0) is 23.3. The van der Waals surface area contributed by atoms with Gasteiger partial charge >= 0.3 is 5.97 Å². The van der Waals surface area contributed by atoms with Crippen molar-refractivity contribution in [2.75, 3.05) is 0 Å². The van der Waals surface area contributed by atoms with Crippen molar-refractivity contribution in [1.29, 1.82) is 0 Å². The fourth-order valence-corrected chi connectivity index (χ4v) is 4.43. The van der Waals surface area contributed by atoms with Crippen molar-refractivity contribution in [2.24, 2.45) is 17.3 Å². The summed E-state index contributed by atoms with van der Waals surface area (Å²) in [5, 5.41) is 12.2. The molecule has 0 atom stereocenters. The quantitative estimate of drug-likeness (QED) is 0.437. The molecule has 0 spiro atoms. The Balaban J connectivity index is 1.64. The van der Waals surface area contributed by atoms with Gasteiger partial charge in [-0.25, -0.2) is 4.79 Å². The van der Waals surface area contributed by atoms with Crippen molar-refractivity contribution >= 4 is 33.9 Å². The molecule has 0 saturated heterocycles. The summed E-state index contributed by atoms with van der Waals surface area (Å²) in [6.07, 6.45) is 5.05. The second-order valence-corrected chi connectivity index (χ2v) is 10.2. The first-order chi connectivity index (χ1) is 15.1. The highest BCUT2D eigenvalue weighted by atomic mass is 79.9. The molecule has 3 rings (SSSR count). The van der Waals surface area contributed by atoms with Crippen molar-refractivity contribution in [2.45, 2.75) is 46.5 Å². The number of benzene rings is 2. The SMILES string of the molecule is CC(C)(C)C1CCC(C(=O)N/C(=C/c2ccc(Oc3ccccc3Br)cc2)C(=O)O)CC1. The second kappa shape index (κ2) is 10.3. The average molecular weight is 500 g/mol. The number of ether oxygens (including phenoxy) is 1. The zero-order valence-corrected chi connectivity index (χ0v) is 20.3. The summed E-state index contributed by atoms with van der Waals surface area (Å²) in [4.78, 5) is 24.4. The first-order valence-corrected chi connectivity index (χ1v) is 11.7. The zero-order valence-electron chi connectivity index (χ0n) is 18.7. The van der Waals surface area contributed by atoms with Crippen molar-refractivity contribution < 1.29 is 19.4 Å². The van der Waals surface area contributed by atoms with E-state index in [-0.39, 0.29) is 22.9 Å². The van der Waals surface area contributed by atoms with Crippen LogP contribution in [-0.4, -0.2) is 17.0 Å². The average Bonchev–Trinajstić information content (AvgIpc) is 2.75. The number of hydrogen-bond donors (Lipinski definition) is 2. The van der Waals surface area contributed by atoms with Gasteiger partial charge in [-0.2, -0.15) is 0 Å². The number of rotatable bonds is 6. The number of para-hydroxylation sites is 1. The highest BCUT2D eigenvalue weighted by molar-refractivity contribution is 9.10. The van der Waals surface area contributed by atoms with Gasteiger partial charge in [-0.3, -0.25) is 4.79 Å². The van der Waals surface area contributed by atoms with Crippen LogP contribution in [-0.2, 0) is 9.59 Å². The minimum atomic E-state index is -1.16. The Morgan fingerprint density at radius 3 is 2.22 bits per heavy atom. The molecule has 170 valence electrons. The molecule has 1 aliphatic carbocycles. The Morgan fingerprint density at radius 1 is 1.03 bits per heavy atom. The molecule has 1 saturated carbocycles. The maximum Gasteiger partial charge on any atom is 0.352 e. The summed E-state index contributed by atoms with van der Waals surface area (Å²) in [7, 11) is 0. The number of halogens is 1. The monoisotopic (exact) mass is 499 g/mol. The normalized spacial score (nSPS) is 19.3. The smallest absolute Gasteiger partial charge is 0.352 e. The fraction of sp³-hybridized carbons (Fsp3) is 0.385. The lowest BCUT2D eigenvalue weighted by Crippen LogP contribution is -2.36. The van der Waals surface area contributed by atoms with Crippen LogP contribution in [0.2, 0.25) is 0 Å². The lowest BCUT2D eigenvalue weighted by Gasteiger charge is -2.36. The number of amides is 1. The minimum absolute atomic E-state index is 0.118. The summed E-state index contributed by atoms with van der Waals surface area (Å²) in [5.74, 6) is 0.408. The van der Waals surface area contributed by atoms with E-state index in [2.05, 4.69) is 42.0 Å². The van der Waals surface area contributed by atoms with E-state index in [9.17, 15) is 14.7 Å². The van der Waals surface area contributed by atoms with Gasteiger partial charge in [0.2, 0.25) is 5.91 Å². The highest BCUT2D eigenvalue weighted by Crippen LogP contribution is 2.39. The van der Waals surface area contributed by atoms with E-state index < -0.39 is 5.97 Å². The van der Waals surface area contributed by atoms with Gasteiger partial charge < -0.3 is 15.2 Å². The molecule has 0 bridgehead atoms. The number of carboxylic acid groups (broad SMARTS) is 1. The van der Waals surface area contributed by atoms with E-state index in [0.717, 1.165) is 30.2 Å². The standard InChI is InChI=1S/C26H30BrNO4/c1-26(2,3)19-12-10-18(11-13-19)24(29)28-22(25(30)31)16-17-8-14-20(15-9-17)32-23-7-5-4-6-21(23)27/h4-9,14-16,18-19H,10-13H2,1-3H3,(H,28,29)(H,30,31)/b22-16+. The van der Waals surface area contributed by atoms with E-state index >= 15 is 0 Å². The molecule has 0 aromatic heterocycles. The Bertz CT molecular complexity index is 984. The van der Waals surface area contributed by atoms with E-state index in [1.54, 1.807) is 24.3 Å². The van der Waals surface area contributed by atoms with E-state index in [4.69, 9.17) is 4.74 Å². The van der Waals surface area contributed by atoms with Crippen LogP contribution in [0.3, 0.4) is 0 Å². The molecule has 1 fully saturated rings. The fourth-order valence-electron chi connectivity index (χ4n) is 4.06. The third-order valence-electron chi connectivity index (χ3n) is 6.07. The Morgan fingerprint density at radius 2 is 1.66 bits per heavy atom. The van der Waals surface area contributed by atoms with Gasteiger partial charge in [0.1, 0.15) is 17.2 Å². The Labute approximate surface area is 198 Å². The third kappa shape index (κ3) is 6.45. The van der Waals surface area contributed by atoms with Gasteiger partial charge in [0.25, 0.3) is 0 Å². The van der Waals surface area contributed by atoms with Crippen LogP contribution in [0.4, 0.5) is 0 Å². The number of aliphatic carboxylic acids is 1. The molecule has 32 heavy (non-hydrogen) atoms. The lowest BCUT2D eigenvalue weighted by atomic mass is 9.69. The van der Waals surface area contributed by atoms with Crippen LogP contribution in [0.25, 0.3) is 6.08 Å². The summed E-state index contributed by atoms with van der Waals surface area (Å²) in [6, 6.07) is 14.6. The Hall–Kier alpha value is -2.60. The minimum Gasteiger partial charge on any atom is -0.477 e. The lowest BCUT2D eigenvalue weighted by molar-refractivity contribution is -0.135. The first-order valence-electron chi connectivity index (χ1n) is 10.9. The van der Waals surface area contributed by atoms with Crippen molar-refractivity contribution in [3.05, 3.63) is 64.3 Å². The van der Waals surface area contributed by atoms with Crippen molar-refractivity contribution in [3.8, 4) is 11.5 Å². The Kier molecular flexibility index (Phi) is 7.77. The molecule has 5 nitrogen and oxygen atoms in total. The number of hydrogen-bond acceptors (Lipinski definition) is 3. The molecule has 2 aromatic rings. The van der Waals surface area contributed by atoms with Crippen molar-refractivity contribution in [1.82, 2.24) is 5.32 Å². The van der Waals surface area contributed by atoms with E-state index in [0.29, 0.717) is 23.0 Å². The van der Waals surface area contributed by atoms with Gasteiger partial charge in [-0.15, -0.1) is 0 Å². The van der Waals surface area contributed by atoms with Gasteiger partial charge in [0.05, 0.1) is 4.47 Å². The molecule has 1 aliphatic rings. The maximum absolute atomic E-state index is 12.7. The molecular weight excluding hydrogens is 470 g/mol. The predicted molar refractivity (Wildman–Crippen MR) is 129 cm³/mol. The van der Waals surface area contributed by atoms with Crippen LogP contribution in [0.15, 0.2) is 58.7 Å². The van der Waals surface area contributed by atoms with Gasteiger partial charge in [0.15, 0.2) is 0 Å². The van der Waals surface area contributed by atoms with Crippen LogP contribution < -0.4 is 10.1 Å². The van der Waals surface area contributed by atoms with E-state index in [1.807, 2.05) is 24.3 Å². The summed E-state index contributed by atoms with van der Waals surface area (Å²) in [6.45, 7) is 6.70. The van der Waals surface area contributed by atoms with Crippen molar-refractivity contribution in [3.63, 3.8) is 0 Å². The third-order valence-corrected chi connectivity index (χ3v) is 6.72. The molecule has 2 N–H and O–H groups in total. The molecule has 0 radical (unpaired) electrons. The van der Waals surface area contributed by atoms with Gasteiger partial charge in [-0.1, -0.05) is 45.0 Å². The summed E-state index contributed by atoms with van der Waals surface area (Å²) >= 11 is 3.45. The molecule has 0 heterocycles. The van der Waals surface area contributed by atoms with Crippen LogP contribution in [0.1, 0.15) is 52.0 Å². The van der Waals surface area contributed by atoms with Crippen LogP contribution in [0.5, 0.6) is 11.5 Å². The summed E-state index contributed by atoms with van der Waals surface area (Å²) in [5.41, 5.74) is 0.783. The maximum atomic E-state index is 12.7. The van der Waals surface area contributed by atoms with Crippen LogP contribution in [0, 0.1) is 17.3 Å². The molecular formula is C26H30BrNO4. The molecule has 6 heteroatoms. The molecule has 2 aromatic carbocycles. The first kappa shape index (κ1) is 24.1. The largest absolute Gasteiger partial charge is 0.477 e. The number of carbonyl (C=O) groups is 2. The van der Waals surface area contributed by atoms with Gasteiger partial charge in [-0.05, 0) is 88.9 Å².